The molecule has 0 spiro atoms. The SMILES string of the molecule is CCC(C)C1(CC2([Si]c3cc(C)cc([Si](C)(C)C)c3)C=C(C)C(C)=C2C)C=CC=CC1. The predicted molar refractivity (Wildman–Crippen MR) is 144 cm³/mol. The van der Waals surface area contributed by atoms with Gasteiger partial charge in [0, 0.05) is 5.04 Å². The van der Waals surface area contributed by atoms with Crippen LogP contribution in [0.4, 0.5) is 0 Å². The summed E-state index contributed by atoms with van der Waals surface area (Å²) in [6, 6.07) is 7.45. The van der Waals surface area contributed by atoms with E-state index >= 15 is 0 Å². The summed E-state index contributed by atoms with van der Waals surface area (Å²) < 4.78 is 0. The van der Waals surface area contributed by atoms with Gasteiger partial charge in [-0.1, -0.05) is 116 Å². The Bertz CT molecular complexity index is 953. The Morgan fingerprint density at radius 3 is 2.26 bits per heavy atom. The van der Waals surface area contributed by atoms with E-state index in [1.807, 2.05) is 0 Å². The Kier molecular flexibility index (Phi) is 6.94. The lowest BCUT2D eigenvalue weighted by Gasteiger charge is -2.44. The van der Waals surface area contributed by atoms with Crippen molar-refractivity contribution < 1.29 is 0 Å². The van der Waals surface area contributed by atoms with Crippen molar-refractivity contribution in [3.05, 3.63) is 70.9 Å². The molecule has 2 aliphatic carbocycles. The topological polar surface area (TPSA) is 0 Å². The van der Waals surface area contributed by atoms with Crippen molar-refractivity contribution in [3.63, 3.8) is 0 Å². The lowest BCUT2D eigenvalue weighted by Crippen LogP contribution is -2.42. The van der Waals surface area contributed by atoms with Crippen LogP contribution >= 0.6 is 0 Å². The quantitative estimate of drug-likeness (QED) is 0.386. The zero-order chi connectivity index (χ0) is 23.0. The molecule has 3 rings (SSSR count). The van der Waals surface area contributed by atoms with E-state index in [1.54, 1.807) is 15.9 Å². The van der Waals surface area contributed by atoms with Gasteiger partial charge in [-0.05, 0) is 57.4 Å². The van der Waals surface area contributed by atoms with Gasteiger partial charge in [0.1, 0.15) is 0 Å². The van der Waals surface area contributed by atoms with Gasteiger partial charge < -0.3 is 0 Å². The summed E-state index contributed by atoms with van der Waals surface area (Å²) in [5, 5.41) is 3.28. The molecule has 0 saturated carbocycles. The molecule has 0 aliphatic heterocycles. The summed E-state index contributed by atoms with van der Waals surface area (Å²) in [6.45, 7) is 21.6. The third-order valence-electron chi connectivity index (χ3n) is 7.97. The normalized spacial score (nSPS) is 27.1. The lowest BCUT2D eigenvalue weighted by molar-refractivity contribution is 0.209. The molecular formula is C29H42Si2. The van der Waals surface area contributed by atoms with Crippen LogP contribution in [0.3, 0.4) is 0 Å². The largest absolute Gasteiger partial charge is 0.0980 e. The number of allylic oxidation sites excluding steroid dienone is 8. The molecule has 2 radical (unpaired) electrons. The number of aryl methyl sites for hydroxylation is 1. The van der Waals surface area contributed by atoms with Crippen LogP contribution in [-0.4, -0.2) is 17.6 Å². The molecule has 2 heteroatoms. The third kappa shape index (κ3) is 4.85. The Labute approximate surface area is 195 Å². The highest BCUT2D eigenvalue weighted by molar-refractivity contribution is 6.89. The first kappa shape index (κ1) is 24.3. The first-order valence-corrected chi connectivity index (χ1v) is 16.5. The number of hydrogen-bond acceptors (Lipinski definition) is 0. The van der Waals surface area contributed by atoms with Crippen molar-refractivity contribution >= 4 is 28.0 Å². The van der Waals surface area contributed by atoms with E-state index in [4.69, 9.17) is 0 Å². The first-order chi connectivity index (χ1) is 14.4. The minimum absolute atomic E-state index is 0.137. The fourth-order valence-electron chi connectivity index (χ4n) is 5.40. The van der Waals surface area contributed by atoms with Gasteiger partial charge in [-0.2, -0.15) is 0 Å². The summed E-state index contributed by atoms with van der Waals surface area (Å²) in [6.07, 6.45) is 15.7. The molecule has 1 aromatic carbocycles. The lowest BCUT2D eigenvalue weighted by atomic mass is 9.65. The highest BCUT2D eigenvalue weighted by Gasteiger charge is 2.45. The Hall–Kier alpha value is -1.39. The average molecular weight is 447 g/mol. The number of benzene rings is 1. The monoisotopic (exact) mass is 446 g/mol. The van der Waals surface area contributed by atoms with Crippen LogP contribution in [0.2, 0.25) is 24.7 Å². The van der Waals surface area contributed by atoms with E-state index in [0.717, 1.165) is 15.9 Å². The van der Waals surface area contributed by atoms with Crippen molar-refractivity contribution in [1.29, 1.82) is 0 Å². The van der Waals surface area contributed by atoms with E-state index in [-0.39, 0.29) is 10.5 Å². The maximum absolute atomic E-state index is 2.64. The van der Waals surface area contributed by atoms with Gasteiger partial charge in [-0.25, -0.2) is 0 Å². The van der Waals surface area contributed by atoms with Crippen molar-refractivity contribution in [3.8, 4) is 0 Å². The highest BCUT2D eigenvalue weighted by Crippen LogP contribution is 2.57. The van der Waals surface area contributed by atoms with Crippen LogP contribution in [0.5, 0.6) is 0 Å². The van der Waals surface area contributed by atoms with Gasteiger partial charge in [-0.15, -0.1) is 0 Å². The molecule has 3 unspecified atom stereocenters. The molecular weight excluding hydrogens is 404 g/mol. The zero-order valence-electron chi connectivity index (χ0n) is 21.3. The molecule has 2 aliphatic rings. The molecule has 1 aromatic rings. The molecule has 0 aromatic heterocycles. The Morgan fingerprint density at radius 1 is 1.03 bits per heavy atom. The minimum Gasteiger partial charge on any atom is -0.0837 e. The van der Waals surface area contributed by atoms with Crippen molar-refractivity contribution in [2.24, 2.45) is 11.3 Å². The van der Waals surface area contributed by atoms with Crippen LogP contribution in [0, 0.1) is 18.3 Å². The summed E-state index contributed by atoms with van der Waals surface area (Å²) >= 11 is 0. The molecule has 0 nitrogen and oxygen atoms in total. The second-order valence-corrected chi connectivity index (χ2v) is 18.0. The van der Waals surface area contributed by atoms with Crippen LogP contribution in [0.15, 0.2) is 65.3 Å². The molecule has 0 heterocycles. The number of rotatable bonds is 7. The van der Waals surface area contributed by atoms with Crippen LogP contribution < -0.4 is 10.4 Å². The smallest absolute Gasteiger partial charge is 0.0837 e. The van der Waals surface area contributed by atoms with E-state index < -0.39 is 8.07 Å². The van der Waals surface area contributed by atoms with Gasteiger partial charge in [0.2, 0.25) is 0 Å². The molecule has 31 heavy (non-hydrogen) atoms. The second kappa shape index (κ2) is 8.86. The summed E-state index contributed by atoms with van der Waals surface area (Å²) in [5.74, 6) is 0.674. The molecule has 0 amide bonds. The molecule has 0 saturated heterocycles. The fraction of sp³-hybridized carbons (Fsp3) is 0.517. The molecule has 3 atom stereocenters. The summed E-state index contributed by atoms with van der Waals surface area (Å²) in [7, 11) is -0.563. The van der Waals surface area contributed by atoms with E-state index in [9.17, 15) is 0 Å². The van der Waals surface area contributed by atoms with Crippen LogP contribution in [0.25, 0.3) is 0 Å². The molecule has 166 valence electrons. The molecule has 0 N–H and O–H groups in total. The Balaban J connectivity index is 2.10. The third-order valence-corrected chi connectivity index (χ3v) is 11.7. The van der Waals surface area contributed by atoms with Crippen molar-refractivity contribution in [2.45, 2.75) is 85.5 Å². The zero-order valence-corrected chi connectivity index (χ0v) is 23.3. The first-order valence-electron chi connectivity index (χ1n) is 12.0. The number of hydrogen-bond donors (Lipinski definition) is 0. The second-order valence-electron chi connectivity index (χ2n) is 11.2. The summed E-state index contributed by atoms with van der Waals surface area (Å²) in [4.78, 5) is 0. The van der Waals surface area contributed by atoms with E-state index in [0.29, 0.717) is 5.92 Å². The van der Waals surface area contributed by atoms with Crippen LogP contribution in [0.1, 0.15) is 59.4 Å². The van der Waals surface area contributed by atoms with E-state index in [2.05, 4.69) is 110 Å². The standard InChI is InChI=1S/C29H42Si2/c1-10-23(4)28(14-12-11-13-15-28)20-29(19-22(3)24(5)25(29)6)30-26-16-21(2)17-27(18-26)31(7,8)9/h11-14,16-19,23H,10,15,20H2,1-9H3. The minimum atomic E-state index is -1.34. The fourth-order valence-corrected chi connectivity index (χ4v) is 8.91. The summed E-state index contributed by atoms with van der Waals surface area (Å²) in [5.41, 5.74) is 6.26. The van der Waals surface area contributed by atoms with Crippen molar-refractivity contribution in [2.75, 3.05) is 0 Å². The highest BCUT2D eigenvalue weighted by atomic mass is 28.3. The van der Waals surface area contributed by atoms with Crippen molar-refractivity contribution in [1.82, 2.24) is 0 Å². The molecule has 0 fully saturated rings. The average Bonchev–Trinajstić information content (AvgIpc) is 2.90. The maximum atomic E-state index is 2.64. The Morgan fingerprint density at radius 2 is 1.74 bits per heavy atom. The van der Waals surface area contributed by atoms with Gasteiger partial charge >= 0.3 is 0 Å². The maximum Gasteiger partial charge on any atom is 0.0980 e. The van der Waals surface area contributed by atoms with Gasteiger partial charge in [0.05, 0.1) is 17.6 Å². The van der Waals surface area contributed by atoms with Gasteiger partial charge in [0.15, 0.2) is 0 Å². The van der Waals surface area contributed by atoms with Crippen LogP contribution in [-0.2, 0) is 0 Å². The molecule has 0 bridgehead atoms. The predicted octanol–water partition coefficient (Wildman–Crippen LogP) is 7.26. The van der Waals surface area contributed by atoms with E-state index in [1.165, 1.54) is 29.6 Å². The van der Waals surface area contributed by atoms with Gasteiger partial charge in [-0.3, -0.25) is 0 Å². The van der Waals surface area contributed by atoms with Gasteiger partial charge in [0.25, 0.3) is 0 Å².